The second kappa shape index (κ2) is 7.70. The molecule has 0 bridgehead atoms. The van der Waals surface area contributed by atoms with Crippen LogP contribution in [-0.2, 0) is 9.53 Å². The smallest absolute Gasteiger partial charge is 0.306 e. The summed E-state index contributed by atoms with van der Waals surface area (Å²) in [5.41, 5.74) is 2.45. The molecular formula is C16H22O2. The molecule has 0 fully saturated rings. The molecular weight excluding hydrogens is 224 g/mol. The molecule has 0 aromatic heterocycles. The quantitative estimate of drug-likeness (QED) is 0.709. The lowest BCUT2D eigenvalue weighted by molar-refractivity contribution is -0.144. The maximum atomic E-state index is 11.4. The molecule has 2 nitrogen and oxygen atoms in total. The van der Waals surface area contributed by atoms with Crippen LogP contribution in [0.4, 0.5) is 0 Å². The first-order valence-corrected chi connectivity index (χ1v) is 6.47. The molecule has 1 aromatic carbocycles. The lowest BCUT2D eigenvalue weighted by atomic mass is 10.1. The Morgan fingerprint density at radius 2 is 2.06 bits per heavy atom. The van der Waals surface area contributed by atoms with Gasteiger partial charge in [0.05, 0.1) is 6.61 Å². The number of hydrogen-bond acceptors (Lipinski definition) is 2. The number of aryl methyl sites for hydroxylation is 1. The van der Waals surface area contributed by atoms with Gasteiger partial charge in [0.25, 0.3) is 0 Å². The van der Waals surface area contributed by atoms with Gasteiger partial charge in [-0.15, -0.1) is 0 Å². The molecule has 0 saturated carbocycles. The van der Waals surface area contributed by atoms with Gasteiger partial charge in [0, 0.05) is 6.42 Å². The summed E-state index contributed by atoms with van der Waals surface area (Å²) in [5, 5.41) is 0. The summed E-state index contributed by atoms with van der Waals surface area (Å²) < 4.78 is 5.11. The van der Waals surface area contributed by atoms with Gasteiger partial charge >= 0.3 is 5.97 Å². The molecule has 0 N–H and O–H groups in total. The highest BCUT2D eigenvalue weighted by atomic mass is 16.5. The van der Waals surface area contributed by atoms with E-state index in [1.165, 1.54) is 11.1 Å². The predicted molar refractivity (Wildman–Crippen MR) is 75.2 cm³/mol. The zero-order valence-electron chi connectivity index (χ0n) is 11.5. The normalized spacial score (nSPS) is 11.1. The largest absolute Gasteiger partial charge is 0.465 e. The van der Waals surface area contributed by atoms with Crippen LogP contribution in [0.2, 0.25) is 0 Å². The number of ether oxygens (including phenoxy) is 1. The zero-order chi connectivity index (χ0) is 13.4. The lowest BCUT2D eigenvalue weighted by Crippen LogP contribution is -2.09. The summed E-state index contributed by atoms with van der Waals surface area (Å²) in [6.45, 7) is 6.66. The van der Waals surface area contributed by atoms with E-state index in [1.54, 1.807) is 0 Å². The Kier molecular flexibility index (Phi) is 6.20. The van der Waals surface area contributed by atoms with Crippen molar-refractivity contribution in [2.45, 2.75) is 33.6 Å². The number of esters is 1. The molecule has 0 saturated heterocycles. The summed E-state index contributed by atoms with van der Waals surface area (Å²) >= 11 is 0. The molecule has 0 heterocycles. The first-order valence-electron chi connectivity index (χ1n) is 6.47. The van der Waals surface area contributed by atoms with E-state index in [0.717, 1.165) is 6.42 Å². The standard InChI is InChI=1S/C16H22O2/c1-13(2)12-18-16(17)11-7-6-10-15-9-5-4-8-14(15)3/h4-6,8-10,13H,7,11-12H2,1-3H3/b10-6+. The van der Waals surface area contributed by atoms with Crippen LogP contribution in [0.1, 0.15) is 37.8 Å². The van der Waals surface area contributed by atoms with Gasteiger partial charge in [-0.25, -0.2) is 0 Å². The minimum Gasteiger partial charge on any atom is -0.465 e. The second-order valence-corrected chi connectivity index (χ2v) is 4.87. The van der Waals surface area contributed by atoms with Crippen molar-refractivity contribution in [3.63, 3.8) is 0 Å². The van der Waals surface area contributed by atoms with Gasteiger partial charge in [-0.3, -0.25) is 4.79 Å². The van der Waals surface area contributed by atoms with Crippen LogP contribution in [-0.4, -0.2) is 12.6 Å². The Bertz CT molecular complexity index is 405. The van der Waals surface area contributed by atoms with Crippen LogP contribution < -0.4 is 0 Å². The van der Waals surface area contributed by atoms with Gasteiger partial charge in [-0.05, 0) is 30.4 Å². The fraction of sp³-hybridized carbons (Fsp3) is 0.438. The van der Waals surface area contributed by atoms with E-state index in [1.807, 2.05) is 32.1 Å². The van der Waals surface area contributed by atoms with E-state index >= 15 is 0 Å². The van der Waals surface area contributed by atoms with Crippen LogP contribution in [0.15, 0.2) is 30.3 Å². The maximum Gasteiger partial charge on any atom is 0.306 e. The van der Waals surface area contributed by atoms with Gasteiger partial charge < -0.3 is 4.74 Å². The first-order chi connectivity index (χ1) is 8.59. The molecule has 0 atom stereocenters. The van der Waals surface area contributed by atoms with Crippen molar-refractivity contribution in [3.8, 4) is 0 Å². The number of hydrogen-bond donors (Lipinski definition) is 0. The highest BCUT2D eigenvalue weighted by Gasteiger charge is 2.02. The van der Waals surface area contributed by atoms with Gasteiger partial charge in [0.2, 0.25) is 0 Å². The average Bonchev–Trinajstić information content (AvgIpc) is 2.34. The van der Waals surface area contributed by atoms with Crippen molar-refractivity contribution in [1.82, 2.24) is 0 Å². The minimum atomic E-state index is -0.113. The number of carbonyl (C=O) groups excluding carboxylic acids is 1. The summed E-state index contributed by atoms with van der Waals surface area (Å²) in [4.78, 5) is 11.4. The Labute approximate surface area is 110 Å². The summed E-state index contributed by atoms with van der Waals surface area (Å²) in [7, 11) is 0. The Hall–Kier alpha value is -1.57. The first kappa shape index (κ1) is 14.5. The molecule has 0 aliphatic rings. The molecule has 0 amide bonds. The third-order valence-electron chi connectivity index (χ3n) is 2.58. The van der Waals surface area contributed by atoms with E-state index in [4.69, 9.17) is 4.74 Å². The molecule has 0 radical (unpaired) electrons. The third kappa shape index (κ3) is 5.67. The molecule has 2 heteroatoms. The fourth-order valence-electron chi connectivity index (χ4n) is 1.52. The fourth-order valence-corrected chi connectivity index (χ4v) is 1.52. The molecule has 0 unspecified atom stereocenters. The lowest BCUT2D eigenvalue weighted by Gasteiger charge is -2.05. The van der Waals surface area contributed by atoms with Crippen LogP contribution in [0.3, 0.4) is 0 Å². The number of rotatable bonds is 6. The molecule has 1 rings (SSSR count). The van der Waals surface area contributed by atoms with Crippen LogP contribution in [0.5, 0.6) is 0 Å². The van der Waals surface area contributed by atoms with Crippen LogP contribution >= 0.6 is 0 Å². The summed E-state index contributed by atoms with van der Waals surface area (Å²) in [6, 6.07) is 8.19. The van der Waals surface area contributed by atoms with Gasteiger partial charge in [-0.1, -0.05) is 50.3 Å². The average molecular weight is 246 g/mol. The number of benzene rings is 1. The van der Waals surface area contributed by atoms with E-state index in [0.29, 0.717) is 18.9 Å². The maximum absolute atomic E-state index is 11.4. The van der Waals surface area contributed by atoms with Gasteiger partial charge in [-0.2, -0.15) is 0 Å². The second-order valence-electron chi connectivity index (χ2n) is 4.87. The SMILES string of the molecule is Cc1ccccc1/C=C/CCC(=O)OCC(C)C. The monoisotopic (exact) mass is 246 g/mol. The molecule has 0 spiro atoms. The number of allylic oxidation sites excluding steroid dienone is 1. The molecule has 1 aromatic rings. The molecule has 0 aliphatic carbocycles. The van der Waals surface area contributed by atoms with Crippen molar-refractivity contribution in [2.75, 3.05) is 6.61 Å². The van der Waals surface area contributed by atoms with Gasteiger partial charge in [0.1, 0.15) is 0 Å². The Balaban J connectivity index is 2.29. The Morgan fingerprint density at radius 3 is 2.72 bits per heavy atom. The van der Waals surface area contributed by atoms with E-state index in [9.17, 15) is 4.79 Å². The van der Waals surface area contributed by atoms with Crippen molar-refractivity contribution in [1.29, 1.82) is 0 Å². The summed E-state index contributed by atoms with van der Waals surface area (Å²) in [5.74, 6) is 0.287. The molecule has 18 heavy (non-hydrogen) atoms. The zero-order valence-corrected chi connectivity index (χ0v) is 11.5. The van der Waals surface area contributed by atoms with E-state index in [2.05, 4.69) is 25.1 Å². The van der Waals surface area contributed by atoms with Crippen LogP contribution in [0.25, 0.3) is 6.08 Å². The highest BCUT2D eigenvalue weighted by Crippen LogP contribution is 2.09. The Morgan fingerprint density at radius 1 is 1.33 bits per heavy atom. The topological polar surface area (TPSA) is 26.3 Å². The summed E-state index contributed by atoms with van der Waals surface area (Å²) in [6.07, 6.45) is 5.27. The molecule has 98 valence electrons. The van der Waals surface area contributed by atoms with Crippen LogP contribution in [0, 0.1) is 12.8 Å². The van der Waals surface area contributed by atoms with Gasteiger partial charge in [0.15, 0.2) is 0 Å². The van der Waals surface area contributed by atoms with Crippen molar-refractivity contribution < 1.29 is 9.53 Å². The van der Waals surface area contributed by atoms with Crippen molar-refractivity contribution in [2.24, 2.45) is 5.92 Å². The number of carbonyl (C=O) groups is 1. The van der Waals surface area contributed by atoms with E-state index < -0.39 is 0 Å². The predicted octanol–water partition coefficient (Wildman–Crippen LogP) is 3.99. The third-order valence-corrected chi connectivity index (χ3v) is 2.58. The van der Waals surface area contributed by atoms with E-state index in [-0.39, 0.29) is 5.97 Å². The minimum absolute atomic E-state index is 0.113. The molecule has 0 aliphatic heterocycles. The van der Waals surface area contributed by atoms with Crippen molar-refractivity contribution >= 4 is 12.0 Å². The van der Waals surface area contributed by atoms with Crippen molar-refractivity contribution in [3.05, 3.63) is 41.5 Å². The highest BCUT2D eigenvalue weighted by molar-refractivity contribution is 5.69.